The third kappa shape index (κ3) is 4.43. The number of fused-ring (bicyclic) bond motifs is 1. The van der Waals surface area contributed by atoms with E-state index >= 15 is 0 Å². The van der Waals surface area contributed by atoms with E-state index in [2.05, 4.69) is 16.0 Å². The van der Waals surface area contributed by atoms with Crippen molar-refractivity contribution in [1.82, 2.24) is 10.2 Å². The number of anilines is 2. The minimum absolute atomic E-state index is 0.0453. The zero-order valence-corrected chi connectivity index (χ0v) is 15.9. The Labute approximate surface area is 161 Å². The predicted molar refractivity (Wildman–Crippen MR) is 107 cm³/mol. The number of amides is 3. The normalized spacial score (nSPS) is 25.7. The van der Waals surface area contributed by atoms with Gasteiger partial charge in [-0.2, -0.15) is 0 Å². The molecule has 2 heterocycles. The summed E-state index contributed by atoms with van der Waals surface area (Å²) in [6, 6.07) is 7.43. The highest BCUT2D eigenvalue weighted by molar-refractivity contribution is 5.94. The molecule has 6 nitrogen and oxygen atoms in total. The van der Waals surface area contributed by atoms with Crippen molar-refractivity contribution in [2.24, 2.45) is 17.8 Å². The molecule has 1 aromatic carbocycles. The molecule has 1 saturated carbocycles. The molecule has 2 atom stereocenters. The van der Waals surface area contributed by atoms with Crippen LogP contribution in [0.2, 0.25) is 0 Å². The van der Waals surface area contributed by atoms with E-state index in [1.54, 1.807) is 0 Å². The number of carbonyl (C=O) groups is 2. The second-order valence-electron chi connectivity index (χ2n) is 8.25. The van der Waals surface area contributed by atoms with Gasteiger partial charge in [0.2, 0.25) is 5.91 Å². The molecule has 2 saturated heterocycles. The van der Waals surface area contributed by atoms with Crippen LogP contribution < -0.4 is 16.0 Å². The number of piperidine rings is 1. The third-order valence-corrected chi connectivity index (χ3v) is 6.35. The first-order valence-electron chi connectivity index (χ1n) is 10.4. The number of hydrogen-bond donors (Lipinski definition) is 3. The van der Waals surface area contributed by atoms with E-state index in [9.17, 15) is 9.59 Å². The van der Waals surface area contributed by atoms with E-state index in [0.29, 0.717) is 11.8 Å². The van der Waals surface area contributed by atoms with Crippen LogP contribution in [0.4, 0.5) is 16.2 Å². The van der Waals surface area contributed by atoms with Crippen LogP contribution in [0.5, 0.6) is 0 Å². The number of nitrogens with zero attached hydrogens (tertiary/aromatic N) is 1. The molecule has 1 aromatic rings. The lowest BCUT2D eigenvalue weighted by molar-refractivity contribution is -0.120. The summed E-state index contributed by atoms with van der Waals surface area (Å²) < 4.78 is 0. The van der Waals surface area contributed by atoms with Crippen molar-refractivity contribution in [2.75, 3.05) is 36.8 Å². The fourth-order valence-corrected chi connectivity index (χ4v) is 4.71. The maximum atomic E-state index is 12.6. The Morgan fingerprint density at radius 2 is 1.70 bits per heavy atom. The maximum absolute atomic E-state index is 12.6. The van der Waals surface area contributed by atoms with E-state index in [0.717, 1.165) is 69.7 Å². The number of benzene rings is 1. The van der Waals surface area contributed by atoms with E-state index in [1.165, 1.54) is 6.42 Å². The standard InChI is InChI=1S/C21H30N4O2/c26-20(15-5-2-1-3-6-15)23-18-7-4-8-19(11-18)24-21(27)25-10-9-16-12-22-13-17(16)14-25/h4,7-8,11,15-17,22H,1-3,5-6,9-10,12-14H2,(H,23,26)(H,24,27)/t16-,17-/m1/s1. The highest BCUT2D eigenvalue weighted by Gasteiger charge is 2.34. The molecule has 3 aliphatic rings. The number of likely N-dealkylation sites (tertiary alicyclic amines) is 1. The smallest absolute Gasteiger partial charge is 0.321 e. The summed E-state index contributed by atoms with van der Waals surface area (Å²) in [6.45, 7) is 3.73. The molecule has 3 amide bonds. The minimum atomic E-state index is -0.0453. The SMILES string of the molecule is O=C(Nc1cccc(NC(=O)N2CC[C@@H]3CNC[C@@H]3C2)c1)C1CCCCC1. The highest BCUT2D eigenvalue weighted by Crippen LogP contribution is 2.28. The topological polar surface area (TPSA) is 73.5 Å². The lowest BCUT2D eigenvalue weighted by Crippen LogP contribution is -2.45. The molecule has 0 aromatic heterocycles. The highest BCUT2D eigenvalue weighted by atomic mass is 16.2. The quantitative estimate of drug-likeness (QED) is 0.764. The zero-order chi connectivity index (χ0) is 18.6. The summed E-state index contributed by atoms with van der Waals surface area (Å²) in [5, 5.41) is 9.45. The van der Waals surface area contributed by atoms with E-state index in [-0.39, 0.29) is 17.9 Å². The zero-order valence-electron chi connectivity index (χ0n) is 15.9. The van der Waals surface area contributed by atoms with Gasteiger partial charge in [0.15, 0.2) is 0 Å². The molecule has 27 heavy (non-hydrogen) atoms. The number of carbonyl (C=O) groups excluding carboxylic acids is 2. The molecular weight excluding hydrogens is 340 g/mol. The summed E-state index contributed by atoms with van der Waals surface area (Å²) in [6.07, 6.45) is 6.55. The summed E-state index contributed by atoms with van der Waals surface area (Å²) in [7, 11) is 0. The molecule has 3 N–H and O–H groups in total. The second-order valence-corrected chi connectivity index (χ2v) is 8.25. The Morgan fingerprint density at radius 1 is 0.963 bits per heavy atom. The average molecular weight is 370 g/mol. The summed E-state index contributed by atoms with van der Waals surface area (Å²) in [5.74, 6) is 1.52. The summed E-state index contributed by atoms with van der Waals surface area (Å²) >= 11 is 0. The molecule has 0 bridgehead atoms. The van der Waals surface area contributed by atoms with E-state index < -0.39 is 0 Å². The Bertz CT molecular complexity index is 687. The van der Waals surface area contributed by atoms with Gasteiger partial charge < -0.3 is 20.9 Å². The maximum Gasteiger partial charge on any atom is 0.321 e. The molecule has 3 fully saturated rings. The van der Waals surface area contributed by atoms with Gasteiger partial charge >= 0.3 is 6.03 Å². The van der Waals surface area contributed by atoms with Gasteiger partial charge in [0.05, 0.1) is 0 Å². The van der Waals surface area contributed by atoms with Crippen molar-refractivity contribution >= 4 is 23.3 Å². The average Bonchev–Trinajstić information content (AvgIpc) is 3.16. The van der Waals surface area contributed by atoms with E-state index in [1.807, 2.05) is 29.2 Å². The van der Waals surface area contributed by atoms with Gasteiger partial charge in [-0.05, 0) is 62.4 Å². The molecule has 2 aliphatic heterocycles. The largest absolute Gasteiger partial charge is 0.326 e. The first-order chi connectivity index (χ1) is 13.2. The monoisotopic (exact) mass is 370 g/mol. The van der Waals surface area contributed by atoms with Crippen LogP contribution in [0.15, 0.2) is 24.3 Å². The van der Waals surface area contributed by atoms with Crippen molar-refractivity contribution in [1.29, 1.82) is 0 Å². The van der Waals surface area contributed by atoms with Gasteiger partial charge in [-0.25, -0.2) is 4.79 Å². The number of nitrogens with one attached hydrogen (secondary N) is 3. The first kappa shape index (κ1) is 18.3. The molecule has 4 rings (SSSR count). The molecule has 1 aliphatic carbocycles. The number of urea groups is 1. The molecule has 146 valence electrons. The third-order valence-electron chi connectivity index (χ3n) is 6.35. The predicted octanol–water partition coefficient (Wildman–Crippen LogP) is 3.28. The van der Waals surface area contributed by atoms with Crippen LogP contribution in [-0.2, 0) is 4.79 Å². The van der Waals surface area contributed by atoms with Gasteiger partial charge in [-0.3, -0.25) is 4.79 Å². The Morgan fingerprint density at radius 3 is 2.52 bits per heavy atom. The summed E-state index contributed by atoms with van der Waals surface area (Å²) in [5.41, 5.74) is 1.48. The lowest BCUT2D eigenvalue weighted by Gasteiger charge is -2.34. The molecule has 0 radical (unpaired) electrons. The Hall–Kier alpha value is -2.08. The van der Waals surface area contributed by atoms with Crippen molar-refractivity contribution in [3.63, 3.8) is 0 Å². The van der Waals surface area contributed by atoms with Gasteiger partial charge in [-0.15, -0.1) is 0 Å². The van der Waals surface area contributed by atoms with Gasteiger partial charge in [-0.1, -0.05) is 25.3 Å². The van der Waals surface area contributed by atoms with Crippen LogP contribution in [-0.4, -0.2) is 43.0 Å². The molecule has 0 spiro atoms. The van der Waals surface area contributed by atoms with Crippen molar-refractivity contribution in [3.05, 3.63) is 24.3 Å². The molecular formula is C21H30N4O2. The van der Waals surface area contributed by atoms with Gasteiger partial charge in [0.25, 0.3) is 0 Å². The van der Waals surface area contributed by atoms with Gasteiger partial charge in [0, 0.05) is 30.4 Å². The second kappa shape index (κ2) is 8.30. The molecule has 6 heteroatoms. The lowest BCUT2D eigenvalue weighted by atomic mass is 9.88. The van der Waals surface area contributed by atoms with Crippen LogP contribution in [0.3, 0.4) is 0 Å². The Balaban J connectivity index is 1.33. The van der Waals surface area contributed by atoms with Crippen LogP contribution >= 0.6 is 0 Å². The van der Waals surface area contributed by atoms with Crippen molar-refractivity contribution in [2.45, 2.75) is 38.5 Å². The Kier molecular flexibility index (Phi) is 5.62. The number of hydrogen-bond acceptors (Lipinski definition) is 3. The van der Waals surface area contributed by atoms with Crippen LogP contribution in [0, 0.1) is 17.8 Å². The molecule has 0 unspecified atom stereocenters. The summed E-state index contributed by atoms with van der Waals surface area (Å²) in [4.78, 5) is 27.0. The fraction of sp³-hybridized carbons (Fsp3) is 0.619. The number of rotatable bonds is 3. The van der Waals surface area contributed by atoms with Crippen LogP contribution in [0.25, 0.3) is 0 Å². The first-order valence-corrected chi connectivity index (χ1v) is 10.4. The van der Waals surface area contributed by atoms with Crippen molar-refractivity contribution in [3.8, 4) is 0 Å². The van der Waals surface area contributed by atoms with E-state index in [4.69, 9.17) is 0 Å². The minimum Gasteiger partial charge on any atom is -0.326 e. The fourth-order valence-electron chi connectivity index (χ4n) is 4.71. The van der Waals surface area contributed by atoms with Crippen LogP contribution in [0.1, 0.15) is 38.5 Å². The van der Waals surface area contributed by atoms with Gasteiger partial charge in [0.1, 0.15) is 0 Å². The van der Waals surface area contributed by atoms with Crippen molar-refractivity contribution < 1.29 is 9.59 Å².